The molecule has 2 aromatic heterocycles. The van der Waals surface area contributed by atoms with Crippen molar-refractivity contribution >= 4 is 0 Å². The van der Waals surface area contributed by atoms with E-state index < -0.39 is 0 Å². The molecule has 0 amide bonds. The van der Waals surface area contributed by atoms with Gasteiger partial charge < -0.3 is 0 Å². The number of hydrogen-bond acceptors (Lipinski definition) is 2. The highest BCUT2D eigenvalue weighted by atomic mass is 15.1. The molecule has 1 aromatic carbocycles. The third-order valence-corrected chi connectivity index (χ3v) is 2.80. The molecule has 0 radical (unpaired) electrons. The summed E-state index contributed by atoms with van der Waals surface area (Å²) in [6.45, 7) is 1.96. The summed E-state index contributed by atoms with van der Waals surface area (Å²) in [6, 6.07) is 18.2. The molecule has 3 heteroatoms. The summed E-state index contributed by atoms with van der Waals surface area (Å²) < 4.78 is 0. The smallest absolute Gasteiger partial charge is 0.0887 e. The molecule has 18 heavy (non-hydrogen) atoms. The van der Waals surface area contributed by atoms with Gasteiger partial charge in [0.15, 0.2) is 0 Å². The van der Waals surface area contributed by atoms with E-state index in [1.54, 1.807) is 0 Å². The molecule has 2 heterocycles. The number of rotatable bonds is 2. The predicted octanol–water partition coefficient (Wildman–Crippen LogP) is 3.45. The van der Waals surface area contributed by atoms with E-state index in [0.29, 0.717) is 0 Å². The maximum atomic E-state index is 4.66. The zero-order valence-corrected chi connectivity index (χ0v) is 10.1. The summed E-state index contributed by atoms with van der Waals surface area (Å²) in [4.78, 5) is 4.66. The quantitative estimate of drug-likeness (QED) is 0.739. The minimum Gasteiger partial charge on any atom is -0.276 e. The van der Waals surface area contributed by atoms with E-state index in [2.05, 4.69) is 27.3 Å². The Labute approximate surface area is 106 Å². The molecular weight excluding hydrogens is 222 g/mol. The zero-order valence-electron chi connectivity index (χ0n) is 10.1. The first kappa shape index (κ1) is 10.7. The standard InChI is InChI=1S/C15H13N3/c1-11-10-15(18-17-11)14-9-5-8-13(16-14)12-6-3-2-4-7-12/h2-10H,1H3,(H,17,18). The van der Waals surface area contributed by atoms with Crippen molar-refractivity contribution in [3.63, 3.8) is 0 Å². The van der Waals surface area contributed by atoms with Crippen LogP contribution in [0, 0.1) is 6.92 Å². The van der Waals surface area contributed by atoms with Crippen molar-refractivity contribution < 1.29 is 0 Å². The summed E-state index contributed by atoms with van der Waals surface area (Å²) in [6.07, 6.45) is 0. The number of aromatic amines is 1. The maximum absolute atomic E-state index is 4.66. The summed E-state index contributed by atoms with van der Waals surface area (Å²) in [7, 11) is 0. The van der Waals surface area contributed by atoms with E-state index in [0.717, 1.165) is 28.3 Å². The molecule has 3 rings (SSSR count). The number of H-pyrrole nitrogens is 1. The van der Waals surface area contributed by atoms with Crippen LogP contribution in [0.3, 0.4) is 0 Å². The van der Waals surface area contributed by atoms with E-state index in [-0.39, 0.29) is 0 Å². The fraction of sp³-hybridized carbons (Fsp3) is 0.0667. The van der Waals surface area contributed by atoms with Crippen molar-refractivity contribution in [3.8, 4) is 22.6 Å². The van der Waals surface area contributed by atoms with Gasteiger partial charge in [0.05, 0.1) is 22.8 Å². The second-order valence-corrected chi connectivity index (χ2v) is 4.20. The van der Waals surface area contributed by atoms with Crippen molar-refractivity contribution in [3.05, 3.63) is 60.3 Å². The van der Waals surface area contributed by atoms with E-state index in [9.17, 15) is 0 Å². The lowest BCUT2D eigenvalue weighted by Gasteiger charge is -2.02. The minimum atomic E-state index is 0.914. The van der Waals surface area contributed by atoms with Crippen LogP contribution in [0.1, 0.15) is 5.69 Å². The topological polar surface area (TPSA) is 41.6 Å². The predicted molar refractivity (Wildman–Crippen MR) is 72.0 cm³/mol. The Morgan fingerprint density at radius 1 is 0.889 bits per heavy atom. The monoisotopic (exact) mass is 235 g/mol. The number of nitrogens with zero attached hydrogens (tertiary/aromatic N) is 2. The van der Waals surface area contributed by atoms with E-state index in [1.807, 2.05) is 49.4 Å². The van der Waals surface area contributed by atoms with Gasteiger partial charge in [-0.25, -0.2) is 4.98 Å². The van der Waals surface area contributed by atoms with E-state index in [4.69, 9.17) is 0 Å². The van der Waals surface area contributed by atoms with Gasteiger partial charge in [-0.3, -0.25) is 5.10 Å². The lowest BCUT2D eigenvalue weighted by atomic mass is 10.1. The minimum absolute atomic E-state index is 0.914. The Hall–Kier alpha value is -2.42. The lowest BCUT2D eigenvalue weighted by molar-refractivity contribution is 1.05. The van der Waals surface area contributed by atoms with Crippen LogP contribution in [0.2, 0.25) is 0 Å². The second-order valence-electron chi connectivity index (χ2n) is 4.20. The van der Waals surface area contributed by atoms with Crippen LogP contribution in [0.15, 0.2) is 54.6 Å². The molecule has 0 saturated heterocycles. The third-order valence-electron chi connectivity index (χ3n) is 2.80. The van der Waals surface area contributed by atoms with Gasteiger partial charge in [-0.05, 0) is 25.1 Å². The molecule has 0 aliphatic carbocycles. The number of aromatic nitrogens is 3. The van der Waals surface area contributed by atoms with Crippen LogP contribution in [0.4, 0.5) is 0 Å². The van der Waals surface area contributed by atoms with Crippen LogP contribution < -0.4 is 0 Å². The molecule has 0 saturated carbocycles. The van der Waals surface area contributed by atoms with Crippen LogP contribution in [0.25, 0.3) is 22.6 Å². The number of benzene rings is 1. The van der Waals surface area contributed by atoms with Crippen molar-refractivity contribution in [1.82, 2.24) is 15.2 Å². The molecule has 0 spiro atoms. The van der Waals surface area contributed by atoms with Crippen LogP contribution in [-0.2, 0) is 0 Å². The molecule has 1 N–H and O–H groups in total. The molecule has 0 aliphatic heterocycles. The fourth-order valence-electron chi connectivity index (χ4n) is 1.91. The van der Waals surface area contributed by atoms with E-state index in [1.165, 1.54) is 0 Å². The van der Waals surface area contributed by atoms with Crippen LogP contribution >= 0.6 is 0 Å². The van der Waals surface area contributed by atoms with Gasteiger partial charge in [-0.1, -0.05) is 36.4 Å². The highest BCUT2D eigenvalue weighted by molar-refractivity contribution is 5.64. The van der Waals surface area contributed by atoms with E-state index >= 15 is 0 Å². The van der Waals surface area contributed by atoms with Gasteiger partial charge in [-0.15, -0.1) is 0 Å². The molecule has 88 valence electrons. The Bertz CT molecular complexity index is 656. The SMILES string of the molecule is Cc1cc(-c2cccc(-c3ccccc3)n2)[nH]n1. The molecule has 0 fully saturated rings. The van der Waals surface area contributed by atoms with Crippen LogP contribution in [0.5, 0.6) is 0 Å². The van der Waals surface area contributed by atoms with Crippen molar-refractivity contribution in [2.45, 2.75) is 6.92 Å². The number of pyridine rings is 1. The van der Waals surface area contributed by atoms with Gasteiger partial charge in [0.1, 0.15) is 0 Å². The second kappa shape index (κ2) is 4.45. The first-order valence-electron chi connectivity index (χ1n) is 5.88. The summed E-state index contributed by atoms with van der Waals surface area (Å²) in [5.74, 6) is 0. The van der Waals surface area contributed by atoms with Gasteiger partial charge >= 0.3 is 0 Å². The van der Waals surface area contributed by atoms with Crippen molar-refractivity contribution in [2.24, 2.45) is 0 Å². The Kier molecular flexibility index (Phi) is 2.65. The summed E-state index contributed by atoms with van der Waals surface area (Å²) in [5.41, 5.74) is 4.93. The van der Waals surface area contributed by atoms with Crippen LogP contribution in [-0.4, -0.2) is 15.2 Å². The molecule has 0 aliphatic rings. The highest BCUT2D eigenvalue weighted by Gasteiger charge is 2.04. The number of nitrogens with one attached hydrogen (secondary N) is 1. The van der Waals surface area contributed by atoms with Gasteiger partial charge in [0.25, 0.3) is 0 Å². The fourth-order valence-corrected chi connectivity index (χ4v) is 1.91. The average molecular weight is 235 g/mol. The molecule has 0 bridgehead atoms. The van der Waals surface area contributed by atoms with Gasteiger partial charge in [0, 0.05) is 5.56 Å². The summed E-state index contributed by atoms with van der Waals surface area (Å²) in [5, 5.41) is 7.12. The first-order chi connectivity index (χ1) is 8.83. The Balaban J connectivity index is 2.05. The zero-order chi connectivity index (χ0) is 12.4. The first-order valence-corrected chi connectivity index (χ1v) is 5.88. The Morgan fingerprint density at radius 3 is 2.39 bits per heavy atom. The Morgan fingerprint density at radius 2 is 1.67 bits per heavy atom. The average Bonchev–Trinajstić information content (AvgIpc) is 2.87. The number of hydrogen-bond donors (Lipinski definition) is 1. The molecule has 3 aromatic rings. The number of aryl methyl sites for hydroxylation is 1. The largest absolute Gasteiger partial charge is 0.276 e. The summed E-state index contributed by atoms with van der Waals surface area (Å²) >= 11 is 0. The normalized spacial score (nSPS) is 10.5. The van der Waals surface area contributed by atoms with Crippen molar-refractivity contribution in [2.75, 3.05) is 0 Å². The molecule has 3 nitrogen and oxygen atoms in total. The maximum Gasteiger partial charge on any atom is 0.0887 e. The van der Waals surface area contributed by atoms with Gasteiger partial charge in [-0.2, -0.15) is 5.10 Å². The molecule has 0 unspecified atom stereocenters. The lowest BCUT2D eigenvalue weighted by Crippen LogP contribution is -1.87. The highest BCUT2D eigenvalue weighted by Crippen LogP contribution is 2.21. The molecule has 0 atom stereocenters. The van der Waals surface area contributed by atoms with Gasteiger partial charge in [0.2, 0.25) is 0 Å². The van der Waals surface area contributed by atoms with Crippen molar-refractivity contribution in [1.29, 1.82) is 0 Å². The molecular formula is C15H13N3. The third kappa shape index (κ3) is 2.02.